The molecule has 0 saturated heterocycles. The highest BCUT2D eigenvalue weighted by atomic mass is 19.1. The van der Waals surface area contributed by atoms with Gasteiger partial charge in [0.15, 0.2) is 11.6 Å². The van der Waals surface area contributed by atoms with Gasteiger partial charge < -0.3 is 15.6 Å². The molecule has 1 unspecified atom stereocenters. The van der Waals surface area contributed by atoms with E-state index in [9.17, 15) is 9.50 Å². The molecule has 100 valence electrons. The van der Waals surface area contributed by atoms with E-state index < -0.39 is 11.6 Å². The Bertz CT molecular complexity index is 533. The number of benzene rings is 2. The van der Waals surface area contributed by atoms with Gasteiger partial charge in [0.2, 0.25) is 5.79 Å². The largest absolute Gasteiger partial charge is 0.455 e. The first-order valence-electron chi connectivity index (χ1n) is 6.07. The van der Waals surface area contributed by atoms with Crippen molar-refractivity contribution in [3.05, 3.63) is 66.0 Å². The molecule has 0 heterocycles. The first-order valence-corrected chi connectivity index (χ1v) is 6.07. The van der Waals surface area contributed by atoms with Crippen molar-refractivity contribution in [2.45, 2.75) is 12.2 Å². The Kier molecular flexibility index (Phi) is 4.14. The number of ether oxygens (including phenoxy) is 1. The van der Waals surface area contributed by atoms with Gasteiger partial charge in [-0.05, 0) is 18.7 Å². The molecule has 0 spiro atoms. The minimum atomic E-state index is -1.63. The third kappa shape index (κ3) is 3.10. The number of halogens is 1. The normalized spacial score (nSPS) is 13.8. The van der Waals surface area contributed by atoms with Gasteiger partial charge in [0.1, 0.15) is 0 Å². The summed E-state index contributed by atoms with van der Waals surface area (Å²) in [4.78, 5) is 0. The maximum absolute atomic E-state index is 13.6. The van der Waals surface area contributed by atoms with Crippen molar-refractivity contribution in [3.8, 4) is 5.75 Å². The van der Waals surface area contributed by atoms with Gasteiger partial charge in [0, 0.05) is 12.0 Å². The molecule has 2 rings (SSSR count). The van der Waals surface area contributed by atoms with Gasteiger partial charge in [-0.15, -0.1) is 0 Å². The van der Waals surface area contributed by atoms with Gasteiger partial charge >= 0.3 is 0 Å². The Hall–Kier alpha value is -1.91. The zero-order valence-electron chi connectivity index (χ0n) is 10.4. The van der Waals surface area contributed by atoms with Crippen molar-refractivity contribution >= 4 is 0 Å². The summed E-state index contributed by atoms with van der Waals surface area (Å²) < 4.78 is 19.1. The highest BCUT2D eigenvalue weighted by Gasteiger charge is 2.31. The topological polar surface area (TPSA) is 55.5 Å². The molecule has 0 aliphatic rings. The van der Waals surface area contributed by atoms with Gasteiger partial charge in [-0.1, -0.05) is 42.5 Å². The number of nitrogens with two attached hydrogens (primary N) is 1. The van der Waals surface area contributed by atoms with Crippen LogP contribution in [0.1, 0.15) is 12.0 Å². The van der Waals surface area contributed by atoms with E-state index in [4.69, 9.17) is 10.5 Å². The Balaban J connectivity index is 2.33. The van der Waals surface area contributed by atoms with E-state index >= 15 is 0 Å². The summed E-state index contributed by atoms with van der Waals surface area (Å²) in [6, 6.07) is 14.8. The highest BCUT2D eigenvalue weighted by Crippen LogP contribution is 2.30. The number of hydrogen-bond acceptors (Lipinski definition) is 3. The molecule has 0 radical (unpaired) electrons. The SMILES string of the molecule is NCCC(O)(Oc1ccccc1F)c1ccccc1. The molecule has 3 N–H and O–H groups in total. The Morgan fingerprint density at radius 3 is 2.32 bits per heavy atom. The van der Waals surface area contributed by atoms with E-state index in [0.29, 0.717) is 5.56 Å². The average molecular weight is 261 g/mol. The molecule has 3 nitrogen and oxygen atoms in total. The molecular weight excluding hydrogens is 245 g/mol. The molecular formula is C15H16FNO2. The molecule has 1 atom stereocenters. The fraction of sp³-hybridized carbons (Fsp3) is 0.200. The van der Waals surface area contributed by atoms with Gasteiger partial charge in [0.05, 0.1) is 0 Å². The van der Waals surface area contributed by atoms with E-state index in [1.807, 2.05) is 6.07 Å². The molecule has 0 amide bonds. The predicted octanol–water partition coefficient (Wildman–Crippen LogP) is 2.40. The van der Waals surface area contributed by atoms with E-state index in [-0.39, 0.29) is 18.7 Å². The zero-order chi connectivity index (χ0) is 13.7. The summed E-state index contributed by atoms with van der Waals surface area (Å²) in [5.74, 6) is -2.14. The first kappa shape index (κ1) is 13.5. The number of para-hydroxylation sites is 1. The molecule has 0 fully saturated rings. The lowest BCUT2D eigenvalue weighted by molar-refractivity contribution is -0.151. The minimum absolute atomic E-state index is 0.00213. The molecule has 4 heteroatoms. The second-order valence-corrected chi connectivity index (χ2v) is 4.22. The highest BCUT2D eigenvalue weighted by molar-refractivity contribution is 5.27. The third-order valence-corrected chi connectivity index (χ3v) is 2.82. The van der Waals surface area contributed by atoms with Gasteiger partial charge in [-0.25, -0.2) is 4.39 Å². The van der Waals surface area contributed by atoms with Crippen LogP contribution in [0.4, 0.5) is 4.39 Å². The van der Waals surface area contributed by atoms with E-state index in [1.165, 1.54) is 12.1 Å². The lowest BCUT2D eigenvalue weighted by Gasteiger charge is -2.29. The Morgan fingerprint density at radius 1 is 1.05 bits per heavy atom. The van der Waals surface area contributed by atoms with Crippen molar-refractivity contribution in [3.63, 3.8) is 0 Å². The summed E-state index contributed by atoms with van der Waals surface area (Å²) in [5, 5.41) is 10.6. The molecule has 2 aromatic rings. The quantitative estimate of drug-likeness (QED) is 0.813. The number of rotatable bonds is 5. The smallest absolute Gasteiger partial charge is 0.236 e. The minimum Gasteiger partial charge on any atom is -0.455 e. The molecule has 0 bridgehead atoms. The fourth-order valence-corrected chi connectivity index (χ4v) is 1.86. The summed E-state index contributed by atoms with van der Waals surface area (Å²) in [5.41, 5.74) is 6.06. The summed E-state index contributed by atoms with van der Waals surface area (Å²) in [6.45, 7) is 0.222. The molecule has 0 aromatic heterocycles. The summed E-state index contributed by atoms with van der Waals surface area (Å²) >= 11 is 0. The van der Waals surface area contributed by atoms with Crippen LogP contribution in [0, 0.1) is 5.82 Å². The van der Waals surface area contributed by atoms with Crippen molar-refractivity contribution in [2.24, 2.45) is 5.73 Å². The molecule has 0 aliphatic heterocycles. The summed E-state index contributed by atoms with van der Waals surface area (Å²) in [7, 11) is 0. The van der Waals surface area contributed by atoms with Crippen molar-refractivity contribution in [2.75, 3.05) is 6.54 Å². The standard InChI is InChI=1S/C15H16FNO2/c16-13-8-4-5-9-14(13)19-15(18,10-11-17)12-6-2-1-3-7-12/h1-9,18H,10-11,17H2. The summed E-state index contributed by atoms with van der Waals surface area (Å²) in [6.07, 6.45) is 0.172. The number of aliphatic hydroxyl groups is 1. The van der Waals surface area contributed by atoms with Crippen LogP contribution in [-0.2, 0) is 5.79 Å². The van der Waals surface area contributed by atoms with Crippen LogP contribution in [-0.4, -0.2) is 11.7 Å². The maximum atomic E-state index is 13.6. The lowest BCUT2D eigenvalue weighted by Crippen LogP contribution is -2.35. The Labute approximate surface area is 111 Å². The second-order valence-electron chi connectivity index (χ2n) is 4.22. The average Bonchev–Trinajstić information content (AvgIpc) is 2.43. The van der Waals surface area contributed by atoms with E-state index in [2.05, 4.69) is 0 Å². The lowest BCUT2D eigenvalue weighted by atomic mass is 10.0. The molecule has 0 aliphatic carbocycles. The van der Waals surface area contributed by atoms with E-state index in [1.54, 1.807) is 36.4 Å². The van der Waals surface area contributed by atoms with Crippen LogP contribution in [0.2, 0.25) is 0 Å². The van der Waals surface area contributed by atoms with Crippen molar-refractivity contribution < 1.29 is 14.2 Å². The van der Waals surface area contributed by atoms with Gasteiger partial charge in [0.25, 0.3) is 0 Å². The van der Waals surface area contributed by atoms with Crippen molar-refractivity contribution in [1.82, 2.24) is 0 Å². The first-order chi connectivity index (χ1) is 9.15. The van der Waals surface area contributed by atoms with Crippen LogP contribution in [0.5, 0.6) is 5.75 Å². The molecule has 19 heavy (non-hydrogen) atoms. The van der Waals surface area contributed by atoms with Crippen LogP contribution >= 0.6 is 0 Å². The maximum Gasteiger partial charge on any atom is 0.236 e. The van der Waals surface area contributed by atoms with Crippen LogP contribution in [0.3, 0.4) is 0 Å². The Morgan fingerprint density at radius 2 is 1.68 bits per heavy atom. The van der Waals surface area contributed by atoms with Gasteiger partial charge in [-0.2, -0.15) is 0 Å². The third-order valence-electron chi connectivity index (χ3n) is 2.82. The predicted molar refractivity (Wildman–Crippen MR) is 71.0 cm³/mol. The monoisotopic (exact) mass is 261 g/mol. The van der Waals surface area contributed by atoms with Crippen molar-refractivity contribution in [1.29, 1.82) is 0 Å². The van der Waals surface area contributed by atoms with Crippen LogP contribution < -0.4 is 10.5 Å². The molecule has 2 aromatic carbocycles. The van der Waals surface area contributed by atoms with Crippen LogP contribution in [0.25, 0.3) is 0 Å². The molecule has 0 saturated carbocycles. The van der Waals surface area contributed by atoms with Gasteiger partial charge in [-0.3, -0.25) is 0 Å². The van der Waals surface area contributed by atoms with Crippen LogP contribution in [0.15, 0.2) is 54.6 Å². The van der Waals surface area contributed by atoms with E-state index in [0.717, 1.165) is 0 Å². The zero-order valence-corrected chi connectivity index (χ0v) is 10.4. The number of hydrogen-bond donors (Lipinski definition) is 2. The second kappa shape index (κ2) is 5.82. The fourth-order valence-electron chi connectivity index (χ4n) is 1.86.